The molecule has 0 saturated heterocycles. The molecule has 1 unspecified atom stereocenters. The summed E-state index contributed by atoms with van der Waals surface area (Å²) in [4.78, 5) is 23.5. The number of aromatic nitrogens is 4. The van der Waals surface area contributed by atoms with E-state index in [0.717, 1.165) is 49.9 Å². The van der Waals surface area contributed by atoms with Crippen LogP contribution in [0.15, 0.2) is 36.9 Å². The number of carbonyl (C=O) groups is 2. The quantitative estimate of drug-likeness (QED) is 0.481. The van der Waals surface area contributed by atoms with Crippen LogP contribution in [0.5, 0.6) is 0 Å². The van der Waals surface area contributed by atoms with Crippen molar-refractivity contribution in [3.63, 3.8) is 0 Å². The highest BCUT2D eigenvalue weighted by Crippen LogP contribution is 2.35. The maximum absolute atomic E-state index is 11.9. The molecule has 0 aliphatic heterocycles. The summed E-state index contributed by atoms with van der Waals surface area (Å²) >= 11 is 0. The van der Waals surface area contributed by atoms with Crippen LogP contribution in [0.2, 0.25) is 0 Å². The van der Waals surface area contributed by atoms with Crippen LogP contribution in [0.4, 0.5) is 5.69 Å². The summed E-state index contributed by atoms with van der Waals surface area (Å²) in [6.07, 6.45) is 7.98. The standard InChI is InChI=1S/C23H30N6O3/c1-3-20(30)24-17-11-7-15(8-12-17)21(22-26-27-28-29(22)19-5-4-6-19)25-18-13-9-16(10-14-18)23(31)32-2/h3,7-8,11-12,16,18-19,21,25H,1,4-6,9-10,13-14H2,2H3,(H,24,30). The zero-order valence-electron chi connectivity index (χ0n) is 18.4. The Hall–Kier alpha value is -3.07. The van der Waals surface area contributed by atoms with Crippen molar-refractivity contribution >= 4 is 17.6 Å². The van der Waals surface area contributed by atoms with E-state index in [-0.39, 0.29) is 29.9 Å². The van der Waals surface area contributed by atoms with Crippen molar-refractivity contribution < 1.29 is 14.3 Å². The average Bonchev–Trinajstić information content (AvgIpc) is 3.25. The second-order valence-electron chi connectivity index (χ2n) is 8.55. The van der Waals surface area contributed by atoms with E-state index >= 15 is 0 Å². The molecule has 32 heavy (non-hydrogen) atoms. The summed E-state index contributed by atoms with van der Waals surface area (Å²) in [7, 11) is 1.45. The second kappa shape index (κ2) is 10.0. The van der Waals surface area contributed by atoms with Crippen LogP contribution < -0.4 is 10.6 Å². The highest BCUT2D eigenvalue weighted by Gasteiger charge is 2.32. The van der Waals surface area contributed by atoms with Gasteiger partial charge in [0.05, 0.1) is 25.1 Å². The molecule has 1 aromatic heterocycles. The molecule has 2 aromatic rings. The minimum absolute atomic E-state index is 0.0236. The van der Waals surface area contributed by atoms with Gasteiger partial charge in [-0.3, -0.25) is 9.59 Å². The van der Waals surface area contributed by atoms with Crippen molar-refractivity contribution in [1.82, 2.24) is 25.5 Å². The lowest BCUT2D eigenvalue weighted by Crippen LogP contribution is -2.39. The smallest absolute Gasteiger partial charge is 0.308 e. The number of nitrogens with one attached hydrogen (secondary N) is 2. The summed E-state index contributed by atoms with van der Waals surface area (Å²) in [5.74, 6) is 0.409. The zero-order valence-corrected chi connectivity index (χ0v) is 18.4. The number of hydrogen-bond acceptors (Lipinski definition) is 7. The fraction of sp³-hybridized carbons (Fsp3) is 0.522. The summed E-state index contributed by atoms with van der Waals surface area (Å²) < 4.78 is 6.87. The SMILES string of the molecule is C=CC(=O)Nc1ccc(C(NC2CCC(C(=O)OC)CC2)c2nnnn2C2CCC2)cc1. The lowest BCUT2D eigenvalue weighted by molar-refractivity contribution is -0.146. The third-order valence-corrected chi connectivity index (χ3v) is 6.56. The number of esters is 1. The van der Waals surface area contributed by atoms with Crippen molar-refractivity contribution in [2.75, 3.05) is 12.4 Å². The van der Waals surface area contributed by atoms with E-state index in [1.807, 2.05) is 28.9 Å². The largest absolute Gasteiger partial charge is 0.469 e. The summed E-state index contributed by atoms with van der Waals surface area (Å²) in [6, 6.07) is 8.10. The van der Waals surface area contributed by atoms with Crippen molar-refractivity contribution in [3.05, 3.63) is 48.3 Å². The van der Waals surface area contributed by atoms with Crippen molar-refractivity contribution in [2.45, 2.75) is 63.1 Å². The first-order valence-corrected chi connectivity index (χ1v) is 11.2. The Labute approximate surface area is 187 Å². The van der Waals surface area contributed by atoms with Gasteiger partial charge < -0.3 is 15.4 Å². The topological polar surface area (TPSA) is 111 Å². The molecule has 0 spiro atoms. The van der Waals surface area contributed by atoms with Gasteiger partial charge in [-0.1, -0.05) is 18.7 Å². The molecular formula is C23H30N6O3. The van der Waals surface area contributed by atoms with E-state index < -0.39 is 0 Å². The van der Waals surface area contributed by atoms with Crippen molar-refractivity contribution in [2.24, 2.45) is 5.92 Å². The van der Waals surface area contributed by atoms with Crippen molar-refractivity contribution in [1.29, 1.82) is 0 Å². The highest BCUT2D eigenvalue weighted by molar-refractivity contribution is 5.98. The Bertz CT molecular complexity index is 945. The molecule has 9 nitrogen and oxygen atoms in total. The van der Waals surface area contributed by atoms with Crippen LogP contribution in [0.25, 0.3) is 0 Å². The third kappa shape index (κ3) is 4.88. The molecule has 1 heterocycles. The fourth-order valence-corrected chi connectivity index (χ4v) is 4.45. The van der Waals surface area contributed by atoms with Crippen LogP contribution in [0, 0.1) is 5.92 Å². The Morgan fingerprint density at radius 1 is 1.16 bits per heavy atom. The lowest BCUT2D eigenvalue weighted by Gasteiger charge is -2.32. The molecule has 1 amide bonds. The first-order chi connectivity index (χ1) is 15.6. The van der Waals surface area contributed by atoms with Gasteiger partial charge in [-0.15, -0.1) is 5.10 Å². The molecular weight excluding hydrogens is 408 g/mol. The number of methoxy groups -OCH3 is 1. The van der Waals surface area contributed by atoms with Gasteiger partial charge in [0.25, 0.3) is 0 Å². The van der Waals surface area contributed by atoms with E-state index in [4.69, 9.17) is 4.74 Å². The van der Waals surface area contributed by atoms with Crippen LogP contribution >= 0.6 is 0 Å². The first kappa shape index (κ1) is 22.1. The number of hydrogen-bond donors (Lipinski definition) is 2. The molecule has 9 heteroatoms. The average molecular weight is 439 g/mol. The minimum Gasteiger partial charge on any atom is -0.469 e. The second-order valence-corrected chi connectivity index (χ2v) is 8.55. The molecule has 2 fully saturated rings. The molecule has 2 aliphatic rings. The molecule has 0 bridgehead atoms. The van der Waals surface area contributed by atoms with Crippen LogP contribution in [0.1, 0.15) is 68.4 Å². The van der Waals surface area contributed by atoms with Crippen molar-refractivity contribution in [3.8, 4) is 0 Å². The monoisotopic (exact) mass is 438 g/mol. The molecule has 0 radical (unpaired) electrons. The number of tetrazole rings is 1. The molecule has 170 valence electrons. The summed E-state index contributed by atoms with van der Waals surface area (Å²) in [5, 5.41) is 19.2. The zero-order chi connectivity index (χ0) is 22.5. The number of nitrogens with zero attached hydrogens (tertiary/aromatic N) is 4. The predicted octanol–water partition coefficient (Wildman–Crippen LogP) is 2.93. The van der Waals surface area contributed by atoms with Gasteiger partial charge in [0.15, 0.2) is 5.82 Å². The molecule has 2 saturated carbocycles. The number of rotatable bonds is 8. The minimum atomic E-state index is -0.247. The molecule has 1 atom stereocenters. The van der Waals surface area contributed by atoms with E-state index in [0.29, 0.717) is 11.7 Å². The Kier molecular flexibility index (Phi) is 6.94. The Morgan fingerprint density at radius 2 is 1.88 bits per heavy atom. The maximum Gasteiger partial charge on any atom is 0.308 e. The van der Waals surface area contributed by atoms with Crippen LogP contribution in [-0.4, -0.2) is 45.2 Å². The van der Waals surface area contributed by atoms with Gasteiger partial charge in [0, 0.05) is 11.7 Å². The summed E-state index contributed by atoms with van der Waals surface area (Å²) in [6.45, 7) is 3.49. The fourth-order valence-electron chi connectivity index (χ4n) is 4.45. The normalized spacial score (nSPS) is 21.9. The number of amides is 1. The van der Waals surface area contributed by atoms with Gasteiger partial charge in [-0.2, -0.15) is 0 Å². The number of anilines is 1. The predicted molar refractivity (Wildman–Crippen MR) is 119 cm³/mol. The Balaban J connectivity index is 1.54. The number of benzene rings is 1. The Morgan fingerprint density at radius 3 is 2.47 bits per heavy atom. The van der Waals surface area contributed by atoms with Gasteiger partial charge in [-0.05, 0) is 79.1 Å². The first-order valence-electron chi connectivity index (χ1n) is 11.2. The molecule has 4 rings (SSSR count). The van der Waals surface area contributed by atoms with Crippen LogP contribution in [-0.2, 0) is 14.3 Å². The van der Waals surface area contributed by atoms with Gasteiger partial charge in [0.2, 0.25) is 5.91 Å². The van der Waals surface area contributed by atoms with Gasteiger partial charge in [-0.25, -0.2) is 4.68 Å². The molecule has 2 N–H and O–H groups in total. The maximum atomic E-state index is 11.9. The lowest BCUT2D eigenvalue weighted by atomic mass is 9.85. The number of ether oxygens (including phenoxy) is 1. The molecule has 1 aromatic carbocycles. The third-order valence-electron chi connectivity index (χ3n) is 6.56. The van der Waals surface area contributed by atoms with E-state index in [9.17, 15) is 9.59 Å². The van der Waals surface area contributed by atoms with Crippen LogP contribution in [0.3, 0.4) is 0 Å². The summed E-state index contributed by atoms with van der Waals surface area (Å²) in [5.41, 5.74) is 1.72. The number of carbonyl (C=O) groups excluding carboxylic acids is 2. The van der Waals surface area contributed by atoms with Gasteiger partial charge >= 0.3 is 5.97 Å². The van der Waals surface area contributed by atoms with E-state index in [2.05, 4.69) is 32.7 Å². The van der Waals surface area contributed by atoms with Gasteiger partial charge in [0.1, 0.15) is 0 Å². The van der Waals surface area contributed by atoms with E-state index in [1.165, 1.54) is 19.6 Å². The molecule has 2 aliphatic carbocycles. The van der Waals surface area contributed by atoms with E-state index in [1.54, 1.807) is 0 Å². The highest BCUT2D eigenvalue weighted by atomic mass is 16.5.